The van der Waals surface area contributed by atoms with Gasteiger partial charge in [-0.05, 0) is 23.8 Å². The molecule has 0 aliphatic rings. The molecule has 3 aromatic rings. The van der Waals surface area contributed by atoms with E-state index in [2.05, 4.69) is 9.97 Å². The maximum atomic E-state index is 13.7. The summed E-state index contributed by atoms with van der Waals surface area (Å²) in [4.78, 5) is 7.22. The number of methoxy groups -OCH3 is 1. The van der Waals surface area contributed by atoms with Gasteiger partial charge < -0.3 is 4.74 Å². The molecule has 0 bridgehead atoms. The van der Waals surface area contributed by atoms with Crippen LogP contribution in [0.5, 0.6) is 5.75 Å². The molecule has 0 radical (unpaired) electrons. The molecule has 0 saturated heterocycles. The molecule has 130 valence electrons. The van der Waals surface area contributed by atoms with Crippen molar-refractivity contribution < 1.29 is 22.3 Å². The summed E-state index contributed by atoms with van der Waals surface area (Å²) in [6, 6.07) is 10.9. The highest BCUT2D eigenvalue weighted by Crippen LogP contribution is 2.33. The van der Waals surface area contributed by atoms with Crippen molar-refractivity contribution in [2.75, 3.05) is 7.11 Å². The molecule has 0 N–H and O–H groups in total. The Bertz CT molecular complexity index is 915. The van der Waals surface area contributed by atoms with Crippen LogP contribution in [-0.4, -0.2) is 17.1 Å². The summed E-state index contributed by atoms with van der Waals surface area (Å²) in [7, 11) is 1.36. The summed E-state index contributed by atoms with van der Waals surface area (Å²) in [5.41, 5.74) is 0.827. The van der Waals surface area contributed by atoms with Crippen molar-refractivity contribution in [1.29, 1.82) is 0 Å². The van der Waals surface area contributed by atoms with Crippen LogP contribution in [0.3, 0.4) is 0 Å². The molecule has 0 aliphatic carbocycles. The lowest BCUT2D eigenvalue weighted by Crippen LogP contribution is -2.11. The van der Waals surface area contributed by atoms with Crippen LogP contribution < -0.4 is 4.74 Å². The molecule has 2 aromatic carbocycles. The molecule has 3 rings (SSSR count). The van der Waals surface area contributed by atoms with Crippen LogP contribution >= 0.6 is 11.8 Å². The number of aromatic nitrogens is 2. The molecule has 0 amide bonds. The van der Waals surface area contributed by atoms with Gasteiger partial charge in [0, 0.05) is 11.1 Å². The Balaban J connectivity index is 1.93. The van der Waals surface area contributed by atoms with Gasteiger partial charge in [0.2, 0.25) is 5.82 Å². The number of thioether (sulfide) groups is 1. The van der Waals surface area contributed by atoms with Crippen molar-refractivity contribution in [3.8, 4) is 5.75 Å². The number of alkyl halides is 3. The van der Waals surface area contributed by atoms with Gasteiger partial charge in [-0.3, -0.25) is 0 Å². The number of para-hydroxylation sites is 1. The van der Waals surface area contributed by atoms with E-state index >= 15 is 0 Å². The van der Waals surface area contributed by atoms with E-state index in [4.69, 9.17) is 4.74 Å². The third-order valence-corrected chi connectivity index (χ3v) is 4.48. The van der Waals surface area contributed by atoms with Gasteiger partial charge >= 0.3 is 6.18 Å². The zero-order chi connectivity index (χ0) is 18.0. The number of ether oxygens (including phenoxy) is 1. The number of halogens is 4. The summed E-state index contributed by atoms with van der Waals surface area (Å²) < 4.78 is 57.6. The summed E-state index contributed by atoms with van der Waals surface area (Å²) in [5.74, 6) is -1.33. The number of nitrogens with zero attached hydrogens (tertiary/aromatic N) is 2. The highest BCUT2D eigenvalue weighted by molar-refractivity contribution is 7.98. The second kappa shape index (κ2) is 6.87. The first-order valence-electron chi connectivity index (χ1n) is 7.17. The van der Waals surface area contributed by atoms with Crippen molar-refractivity contribution in [2.45, 2.75) is 17.0 Å². The van der Waals surface area contributed by atoms with Gasteiger partial charge in [-0.15, -0.1) is 11.8 Å². The van der Waals surface area contributed by atoms with Gasteiger partial charge in [0.1, 0.15) is 5.03 Å². The summed E-state index contributed by atoms with van der Waals surface area (Å²) in [6.45, 7) is 0. The van der Waals surface area contributed by atoms with E-state index in [9.17, 15) is 17.6 Å². The first-order chi connectivity index (χ1) is 11.9. The highest BCUT2D eigenvalue weighted by Gasteiger charge is 2.35. The fourth-order valence-electron chi connectivity index (χ4n) is 2.24. The SMILES string of the molecule is COc1ccc(CSc2nc(C(F)(F)F)nc3ccccc23)cc1F. The minimum absolute atomic E-state index is 0.112. The molecule has 0 fully saturated rings. The lowest BCUT2D eigenvalue weighted by Gasteiger charge is -2.10. The molecule has 1 aromatic heterocycles. The molecular weight excluding hydrogens is 356 g/mol. The third kappa shape index (κ3) is 3.84. The van der Waals surface area contributed by atoms with Crippen molar-refractivity contribution in [3.05, 3.63) is 59.7 Å². The number of fused-ring (bicyclic) bond motifs is 1. The van der Waals surface area contributed by atoms with Crippen molar-refractivity contribution in [2.24, 2.45) is 0 Å². The standard InChI is InChI=1S/C17H12F4N2OS/c1-24-14-7-6-10(8-12(14)18)9-25-15-11-4-2-3-5-13(11)22-16(23-15)17(19,20)21/h2-8H,9H2,1H3. The maximum absolute atomic E-state index is 13.7. The van der Waals surface area contributed by atoms with Crippen LogP contribution in [-0.2, 0) is 11.9 Å². The predicted octanol–water partition coefficient (Wildman–Crippen LogP) is 5.09. The molecule has 25 heavy (non-hydrogen) atoms. The number of rotatable bonds is 4. The second-order valence-electron chi connectivity index (χ2n) is 5.12. The molecule has 8 heteroatoms. The summed E-state index contributed by atoms with van der Waals surface area (Å²) in [5, 5.41) is 0.726. The molecule has 0 unspecified atom stereocenters. The molecule has 0 saturated carbocycles. The Morgan fingerprint density at radius 3 is 2.52 bits per heavy atom. The monoisotopic (exact) mass is 368 g/mol. The van der Waals surface area contributed by atoms with Gasteiger partial charge in [-0.1, -0.05) is 24.3 Å². The fourth-order valence-corrected chi connectivity index (χ4v) is 3.20. The van der Waals surface area contributed by atoms with Gasteiger partial charge in [-0.25, -0.2) is 14.4 Å². The minimum atomic E-state index is -4.63. The Labute approximate surface area is 145 Å². The average Bonchev–Trinajstić information content (AvgIpc) is 2.58. The first-order valence-corrected chi connectivity index (χ1v) is 8.16. The molecular formula is C17H12F4N2OS. The molecule has 0 aliphatic heterocycles. The zero-order valence-corrected chi connectivity index (χ0v) is 13.8. The van der Waals surface area contributed by atoms with E-state index in [0.717, 1.165) is 11.8 Å². The van der Waals surface area contributed by atoms with E-state index < -0.39 is 17.8 Å². The fraction of sp³-hybridized carbons (Fsp3) is 0.176. The van der Waals surface area contributed by atoms with E-state index in [-0.39, 0.29) is 22.0 Å². The van der Waals surface area contributed by atoms with Gasteiger partial charge in [-0.2, -0.15) is 13.2 Å². The van der Waals surface area contributed by atoms with Crippen LogP contribution in [0.4, 0.5) is 17.6 Å². The quantitative estimate of drug-likeness (QED) is 0.365. The zero-order valence-electron chi connectivity index (χ0n) is 13.0. The minimum Gasteiger partial charge on any atom is -0.494 e. The number of hydrogen-bond acceptors (Lipinski definition) is 4. The molecule has 1 heterocycles. The Morgan fingerprint density at radius 2 is 1.84 bits per heavy atom. The second-order valence-corrected chi connectivity index (χ2v) is 6.09. The number of benzene rings is 2. The van der Waals surface area contributed by atoms with Crippen LogP contribution in [0.15, 0.2) is 47.5 Å². The van der Waals surface area contributed by atoms with E-state index in [1.807, 2.05) is 0 Å². The van der Waals surface area contributed by atoms with Crippen molar-refractivity contribution in [3.63, 3.8) is 0 Å². The van der Waals surface area contributed by atoms with Crippen LogP contribution in [0.25, 0.3) is 10.9 Å². The lowest BCUT2D eigenvalue weighted by molar-refractivity contribution is -0.145. The molecule has 3 nitrogen and oxygen atoms in total. The molecule has 0 atom stereocenters. The summed E-state index contributed by atoms with van der Waals surface area (Å²) in [6.07, 6.45) is -4.63. The normalized spacial score (nSPS) is 11.7. The Hall–Kier alpha value is -2.35. The smallest absolute Gasteiger partial charge is 0.451 e. The average molecular weight is 368 g/mol. The van der Waals surface area contributed by atoms with Gasteiger partial charge in [0.25, 0.3) is 0 Å². The molecule has 0 spiro atoms. The van der Waals surface area contributed by atoms with Crippen LogP contribution in [0, 0.1) is 5.82 Å². The summed E-state index contributed by atoms with van der Waals surface area (Å²) >= 11 is 1.10. The predicted molar refractivity (Wildman–Crippen MR) is 87.1 cm³/mol. The highest BCUT2D eigenvalue weighted by atomic mass is 32.2. The van der Waals surface area contributed by atoms with E-state index in [0.29, 0.717) is 10.9 Å². The van der Waals surface area contributed by atoms with Crippen molar-refractivity contribution in [1.82, 2.24) is 9.97 Å². The largest absolute Gasteiger partial charge is 0.494 e. The lowest BCUT2D eigenvalue weighted by atomic mass is 10.2. The first kappa shape index (κ1) is 17.5. The third-order valence-electron chi connectivity index (χ3n) is 3.41. The maximum Gasteiger partial charge on any atom is 0.451 e. The van der Waals surface area contributed by atoms with Gasteiger partial charge in [0.05, 0.1) is 12.6 Å². The van der Waals surface area contributed by atoms with Crippen molar-refractivity contribution >= 4 is 22.7 Å². The van der Waals surface area contributed by atoms with Crippen LogP contribution in [0.1, 0.15) is 11.4 Å². The Kier molecular flexibility index (Phi) is 4.80. The van der Waals surface area contributed by atoms with E-state index in [1.165, 1.54) is 25.3 Å². The number of hydrogen-bond donors (Lipinski definition) is 0. The van der Waals surface area contributed by atoms with Crippen LogP contribution in [0.2, 0.25) is 0 Å². The van der Waals surface area contributed by atoms with Gasteiger partial charge in [0.15, 0.2) is 11.6 Å². The Morgan fingerprint density at radius 1 is 1.08 bits per heavy atom. The van der Waals surface area contributed by atoms with E-state index in [1.54, 1.807) is 24.3 Å². The topological polar surface area (TPSA) is 35.0 Å².